The molecule has 0 heterocycles. The normalized spacial score (nSPS) is 35.3. The Bertz CT molecular complexity index is 74.1. The molecule has 1 unspecified atom stereocenters. The fourth-order valence-corrected chi connectivity index (χ4v) is 2.00. The SMILES string of the molecule is CCCC1CC[C@H](C)C1. The highest BCUT2D eigenvalue weighted by Gasteiger charge is 2.19. The minimum Gasteiger partial charge on any atom is -0.0654 e. The number of hydrogen-bond donors (Lipinski definition) is 0. The third kappa shape index (κ3) is 2.00. The van der Waals surface area contributed by atoms with Crippen molar-refractivity contribution >= 4 is 0 Å². The maximum atomic E-state index is 2.38. The summed E-state index contributed by atoms with van der Waals surface area (Å²) in [4.78, 5) is 0. The molecule has 1 aliphatic rings. The molecule has 0 aromatic carbocycles. The van der Waals surface area contributed by atoms with Crippen LogP contribution >= 0.6 is 0 Å². The summed E-state index contributed by atoms with van der Waals surface area (Å²) in [5, 5.41) is 0. The van der Waals surface area contributed by atoms with E-state index in [1.165, 1.54) is 32.1 Å². The van der Waals surface area contributed by atoms with Crippen molar-refractivity contribution in [3.05, 3.63) is 0 Å². The van der Waals surface area contributed by atoms with E-state index in [9.17, 15) is 0 Å². The van der Waals surface area contributed by atoms with Crippen molar-refractivity contribution < 1.29 is 0 Å². The van der Waals surface area contributed by atoms with E-state index in [4.69, 9.17) is 0 Å². The first-order valence-corrected chi connectivity index (χ1v) is 4.33. The summed E-state index contributed by atoms with van der Waals surface area (Å²) in [5.74, 6) is 2.12. The molecule has 0 saturated heterocycles. The van der Waals surface area contributed by atoms with Crippen LogP contribution in [0.3, 0.4) is 0 Å². The summed E-state index contributed by atoms with van der Waals surface area (Å²) >= 11 is 0. The van der Waals surface area contributed by atoms with Gasteiger partial charge in [0.15, 0.2) is 0 Å². The Morgan fingerprint density at radius 3 is 2.56 bits per heavy atom. The summed E-state index contributed by atoms with van der Waals surface area (Å²) in [6, 6.07) is 0. The molecule has 1 saturated carbocycles. The standard InChI is InChI=1S/C9H18/c1-3-4-9-6-5-8(2)7-9/h8-9H,3-7H2,1-2H3/t8-,9?/m0/s1. The third-order valence-electron chi connectivity index (χ3n) is 2.50. The second kappa shape index (κ2) is 3.24. The highest BCUT2D eigenvalue weighted by molar-refractivity contribution is 4.71. The molecule has 0 nitrogen and oxygen atoms in total. The van der Waals surface area contributed by atoms with E-state index < -0.39 is 0 Å². The van der Waals surface area contributed by atoms with Gasteiger partial charge in [-0.2, -0.15) is 0 Å². The molecule has 0 bridgehead atoms. The van der Waals surface area contributed by atoms with Gasteiger partial charge >= 0.3 is 0 Å². The molecule has 2 atom stereocenters. The fourth-order valence-electron chi connectivity index (χ4n) is 2.00. The molecule has 1 fully saturated rings. The molecular weight excluding hydrogens is 108 g/mol. The average Bonchev–Trinajstić information content (AvgIpc) is 2.17. The lowest BCUT2D eigenvalue weighted by molar-refractivity contribution is 0.474. The van der Waals surface area contributed by atoms with Gasteiger partial charge in [0.2, 0.25) is 0 Å². The zero-order valence-corrected chi connectivity index (χ0v) is 6.69. The molecule has 1 rings (SSSR count). The van der Waals surface area contributed by atoms with Crippen molar-refractivity contribution in [2.45, 2.75) is 46.0 Å². The van der Waals surface area contributed by atoms with Crippen molar-refractivity contribution in [3.8, 4) is 0 Å². The fraction of sp³-hybridized carbons (Fsp3) is 1.00. The Kier molecular flexibility index (Phi) is 2.56. The van der Waals surface area contributed by atoms with Crippen LogP contribution < -0.4 is 0 Å². The van der Waals surface area contributed by atoms with Crippen molar-refractivity contribution in [1.29, 1.82) is 0 Å². The Labute approximate surface area is 58.7 Å². The van der Waals surface area contributed by atoms with E-state index in [-0.39, 0.29) is 0 Å². The average molecular weight is 126 g/mol. The highest BCUT2D eigenvalue weighted by Crippen LogP contribution is 2.32. The van der Waals surface area contributed by atoms with E-state index in [2.05, 4.69) is 13.8 Å². The van der Waals surface area contributed by atoms with Crippen molar-refractivity contribution in [2.75, 3.05) is 0 Å². The Morgan fingerprint density at radius 1 is 1.33 bits per heavy atom. The van der Waals surface area contributed by atoms with E-state index in [1.807, 2.05) is 0 Å². The second-order valence-electron chi connectivity index (χ2n) is 3.57. The molecule has 0 aromatic rings. The van der Waals surface area contributed by atoms with Crippen LogP contribution in [0.1, 0.15) is 46.0 Å². The Hall–Kier alpha value is 0. The molecule has 0 aliphatic heterocycles. The summed E-state index contributed by atoms with van der Waals surface area (Å²) in [6.07, 6.45) is 7.37. The first kappa shape index (κ1) is 7.11. The quantitative estimate of drug-likeness (QED) is 0.533. The zero-order valence-electron chi connectivity index (χ0n) is 6.69. The molecule has 9 heavy (non-hydrogen) atoms. The molecular formula is C9H18. The third-order valence-corrected chi connectivity index (χ3v) is 2.50. The smallest absolute Gasteiger partial charge is 0.0412 e. The predicted molar refractivity (Wildman–Crippen MR) is 41.4 cm³/mol. The lowest BCUT2D eigenvalue weighted by atomic mass is 10.0. The largest absolute Gasteiger partial charge is 0.0654 e. The van der Waals surface area contributed by atoms with Crippen LogP contribution in [0.25, 0.3) is 0 Å². The van der Waals surface area contributed by atoms with E-state index >= 15 is 0 Å². The van der Waals surface area contributed by atoms with Crippen LogP contribution in [-0.2, 0) is 0 Å². The molecule has 1 aliphatic carbocycles. The molecule has 0 amide bonds. The Balaban J connectivity index is 2.14. The van der Waals surface area contributed by atoms with Crippen LogP contribution in [0.4, 0.5) is 0 Å². The number of rotatable bonds is 2. The topological polar surface area (TPSA) is 0 Å². The lowest BCUT2D eigenvalue weighted by Crippen LogP contribution is -1.92. The maximum Gasteiger partial charge on any atom is -0.0412 e. The maximum absolute atomic E-state index is 2.38. The van der Waals surface area contributed by atoms with E-state index in [0.29, 0.717) is 0 Å². The van der Waals surface area contributed by atoms with Crippen LogP contribution in [0, 0.1) is 11.8 Å². The van der Waals surface area contributed by atoms with Gasteiger partial charge in [-0.3, -0.25) is 0 Å². The lowest BCUT2D eigenvalue weighted by Gasteiger charge is -2.05. The molecule has 0 aromatic heterocycles. The predicted octanol–water partition coefficient (Wildman–Crippen LogP) is 3.22. The van der Waals surface area contributed by atoms with Crippen LogP contribution in [0.2, 0.25) is 0 Å². The summed E-state index contributed by atoms with van der Waals surface area (Å²) in [7, 11) is 0. The van der Waals surface area contributed by atoms with Crippen LogP contribution in [0.15, 0.2) is 0 Å². The number of hydrogen-bond acceptors (Lipinski definition) is 0. The minimum absolute atomic E-state index is 1.03. The van der Waals surface area contributed by atoms with Gasteiger partial charge in [-0.1, -0.05) is 39.5 Å². The van der Waals surface area contributed by atoms with Gasteiger partial charge < -0.3 is 0 Å². The van der Waals surface area contributed by atoms with Gasteiger partial charge in [0.05, 0.1) is 0 Å². The first-order valence-electron chi connectivity index (χ1n) is 4.33. The van der Waals surface area contributed by atoms with Gasteiger partial charge in [-0.05, 0) is 18.3 Å². The van der Waals surface area contributed by atoms with Gasteiger partial charge in [0.1, 0.15) is 0 Å². The molecule has 54 valence electrons. The molecule has 0 heteroatoms. The van der Waals surface area contributed by atoms with Crippen molar-refractivity contribution in [3.63, 3.8) is 0 Å². The van der Waals surface area contributed by atoms with Crippen molar-refractivity contribution in [1.82, 2.24) is 0 Å². The summed E-state index contributed by atoms with van der Waals surface area (Å²) in [5.41, 5.74) is 0. The molecule has 0 N–H and O–H groups in total. The molecule has 0 spiro atoms. The minimum atomic E-state index is 1.03. The highest BCUT2D eigenvalue weighted by atomic mass is 14.2. The molecule has 0 radical (unpaired) electrons. The van der Waals surface area contributed by atoms with Gasteiger partial charge in [0.25, 0.3) is 0 Å². The van der Waals surface area contributed by atoms with E-state index in [0.717, 1.165) is 11.8 Å². The second-order valence-corrected chi connectivity index (χ2v) is 3.57. The zero-order chi connectivity index (χ0) is 6.69. The van der Waals surface area contributed by atoms with Gasteiger partial charge in [-0.15, -0.1) is 0 Å². The van der Waals surface area contributed by atoms with Crippen LogP contribution in [0.5, 0.6) is 0 Å². The monoisotopic (exact) mass is 126 g/mol. The summed E-state index contributed by atoms with van der Waals surface area (Å²) in [6.45, 7) is 4.68. The summed E-state index contributed by atoms with van der Waals surface area (Å²) < 4.78 is 0. The first-order chi connectivity index (χ1) is 4.33. The van der Waals surface area contributed by atoms with Crippen LogP contribution in [-0.4, -0.2) is 0 Å². The Morgan fingerprint density at radius 2 is 2.11 bits per heavy atom. The van der Waals surface area contributed by atoms with Gasteiger partial charge in [-0.25, -0.2) is 0 Å². The van der Waals surface area contributed by atoms with Gasteiger partial charge in [0, 0.05) is 0 Å². The van der Waals surface area contributed by atoms with Crippen molar-refractivity contribution in [2.24, 2.45) is 11.8 Å². The van der Waals surface area contributed by atoms with E-state index in [1.54, 1.807) is 0 Å².